The van der Waals surface area contributed by atoms with Crippen LogP contribution in [0.4, 0.5) is 5.69 Å². The lowest BCUT2D eigenvalue weighted by Gasteiger charge is -2.09. The monoisotopic (exact) mass is 238 g/mol. The predicted molar refractivity (Wildman–Crippen MR) is 58.7 cm³/mol. The van der Waals surface area contributed by atoms with E-state index in [-0.39, 0.29) is 0 Å². The van der Waals surface area contributed by atoms with Gasteiger partial charge in [0.2, 0.25) is 0 Å². The molecular weight excluding hydrogens is 228 g/mol. The van der Waals surface area contributed by atoms with Gasteiger partial charge in [-0.05, 0) is 34.8 Å². The van der Waals surface area contributed by atoms with E-state index in [1.54, 1.807) is 0 Å². The molecule has 0 aromatic heterocycles. The van der Waals surface area contributed by atoms with Crippen molar-refractivity contribution in [3.05, 3.63) is 28.2 Å². The summed E-state index contributed by atoms with van der Waals surface area (Å²) in [6, 6.07) is 6.51. The molecule has 2 N–H and O–H groups in total. The van der Waals surface area contributed by atoms with E-state index < -0.39 is 0 Å². The fourth-order valence-corrected chi connectivity index (χ4v) is 1.74. The van der Waals surface area contributed by atoms with Crippen molar-refractivity contribution in [2.24, 2.45) is 0 Å². The van der Waals surface area contributed by atoms with E-state index in [0.29, 0.717) is 6.04 Å². The number of benzene rings is 1. The van der Waals surface area contributed by atoms with Gasteiger partial charge in [0.1, 0.15) is 0 Å². The van der Waals surface area contributed by atoms with Crippen LogP contribution < -0.4 is 5.32 Å². The summed E-state index contributed by atoms with van der Waals surface area (Å²) in [6.45, 7) is 0. The third-order valence-corrected chi connectivity index (χ3v) is 2.79. The van der Waals surface area contributed by atoms with Crippen LogP contribution in [0.1, 0.15) is 18.4 Å². The minimum atomic E-state index is 0.623. The molecule has 0 atom stereocenters. The molecule has 0 bridgehead atoms. The molecule has 3 heteroatoms. The predicted octanol–water partition coefficient (Wildman–Crippen LogP) is 3.02. The van der Waals surface area contributed by atoms with Crippen LogP contribution in [0.5, 0.6) is 0 Å². The highest BCUT2D eigenvalue weighted by molar-refractivity contribution is 9.10. The average molecular weight is 239 g/mol. The minimum Gasteiger partial charge on any atom is -0.381 e. The molecule has 0 heterocycles. The van der Waals surface area contributed by atoms with Crippen LogP contribution in [0, 0.1) is 5.41 Å². The van der Waals surface area contributed by atoms with Crippen molar-refractivity contribution in [3.8, 4) is 0 Å². The Hall–Kier alpha value is -0.830. The average Bonchev–Trinajstić information content (AvgIpc) is 2.92. The summed E-state index contributed by atoms with van der Waals surface area (Å²) in [6.07, 6.45) is 3.88. The number of nitrogens with one attached hydrogen (secondary N) is 2. The molecule has 2 nitrogen and oxygen atoms in total. The molecule has 0 saturated heterocycles. The Morgan fingerprint density at radius 1 is 1.46 bits per heavy atom. The van der Waals surface area contributed by atoms with Gasteiger partial charge >= 0.3 is 0 Å². The zero-order valence-electron chi connectivity index (χ0n) is 7.18. The molecule has 0 unspecified atom stereocenters. The lowest BCUT2D eigenvalue weighted by atomic mass is 10.2. The maximum Gasteiger partial charge on any atom is 0.0575 e. The van der Waals surface area contributed by atoms with Gasteiger partial charge in [-0.15, -0.1) is 0 Å². The molecule has 1 aliphatic rings. The van der Waals surface area contributed by atoms with E-state index in [4.69, 9.17) is 5.41 Å². The molecular formula is C10H11BrN2. The van der Waals surface area contributed by atoms with Gasteiger partial charge in [-0.2, -0.15) is 0 Å². The van der Waals surface area contributed by atoms with Gasteiger partial charge in [-0.3, -0.25) is 0 Å². The summed E-state index contributed by atoms with van der Waals surface area (Å²) >= 11 is 3.48. The van der Waals surface area contributed by atoms with Crippen molar-refractivity contribution in [1.82, 2.24) is 0 Å². The number of para-hydroxylation sites is 1. The molecule has 0 spiro atoms. The first kappa shape index (κ1) is 8.75. The molecule has 0 amide bonds. The molecule has 0 radical (unpaired) electrons. The van der Waals surface area contributed by atoms with Crippen LogP contribution in [-0.4, -0.2) is 12.3 Å². The molecule has 1 aromatic carbocycles. The van der Waals surface area contributed by atoms with E-state index in [1.165, 1.54) is 19.1 Å². The summed E-state index contributed by atoms with van der Waals surface area (Å²) in [4.78, 5) is 0. The molecule has 1 fully saturated rings. The van der Waals surface area contributed by atoms with Crippen LogP contribution in [0.3, 0.4) is 0 Å². The Morgan fingerprint density at radius 2 is 2.23 bits per heavy atom. The Morgan fingerprint density at radius 3 is 2.85 bits per heavy atom. The Balaban J connectivity index is 2.32. The highest BCUT2D eigenvalue weighted by Gasteiger charge is 2.22. The number of rotatable bonds is 3. The van der Waals surface area contributed by atoms with Crippen molar-refractivity contribution in [2.75, 3.05) is 5.32 Å². The highest BCUT2D eigenvalue weighted by Crippen LogP contribution is 2.31. The van der Waals surface area contributed by atoms with Crippen molar-refractivity contribution in [3.63, 3.8) is 0 Å². The summed E-state index contributed by atoms with van der Waals surface area (Å²) in [5, 5.41) is 10.7. The Bertz CT molecular complexity index is 332. The molecule has 68 valence electrons. The van der Waals surface area contributed by atoms with E-state index in [2.05, 4.69) is 21.2 Å². The van der Waals surface area contributed by atoms with E-state index in [0.717, 1.165) is 15.7 Å². The third-order valence-electron chi connectivity index (χ3n) is 2.13. The maximum atomic E-state index is 7.26. The van der Waals surface area contributed by atoms with Crippen molar-refractivity contribution < 1.29 is 0 Å². The zero-order chi connectivity index (χ0) is 9.26. The van der Waals surface area contributed by atoms with Crippen LogP contribution in [-0.2, 0) is 0 Å². The number of hydrogen-bond acceptors (Lipinski definition) is 2. The fourth-order valence-electron chi connectivity index (χ4n) is 1.25. The quantitative estimate of drug-likeness (QED) is 0.781. The smallest absolute Gasteiger partial charge is 0.0575 e. The van der Waals surface area contributed by atoms with Crippen molar-refractivity contribution in [1.29, 1.82) is 5.41 Å². The van der Waals surface area contributed by atoms with Crippen LogP contribution in [0.2, 0.25) is 0 Å². The number of hydrogen-bond donors (Lipinski definition) is 2. The van der Waals surface area contributed by atoms with Crippen LogP contribution in [0.15, 0.2) is 22.7 Å². The minimum absolute atomic E-state index is 0.623. The normalized spacial score (nSPS) is 15.5. The Labute approximate surface area is 86.0 Å². The fraction of sp³-hybridized carbons (Fsp3) is 0.300. The SMILES string of the molecule is N=Cc1cccc(Br)c1NC1CC1. The summed E-state index contributed by atoms with van der Waals surface area (Å²) < 4.78 is 1.04. The highest BCUT2D eigenvalue weighted by atomic mass is 79.9. The Kier molecular flexibility index (Phi) is 2.36. The van der Waals surface area contributed by atoms with E-state index >= 15 is 0 Å². The first-order chi connectivity index (χ1) is 6.31. The summed E-state index contributed by atoms with van der Waals surface area (Å²) in [7, 11) is 0. The van der Waals surface area contributed by atoms with Gasteiger partial charge in [-0.1, -0.05) is 12.1 Å². The standard InChI is InChI=1S/C10H11BrN2/c11-9-3-1-2-7(6-12)10(9)13-8-4-5-8/h1-3,6,8,12-13H,4-5H2. The third kappa shape index (κ3) is 1.91. The van der Waals surface area contributed by atoms with Gasteiger partial charge in [0.05, 0.1) is 5.69 Å². The molecule has 1 aliphatic carbocycles. The molecule has 13 heavy (non-hydrogen) atoms. The zero-order valence-corrected chi connectivity index (χ0v) is 8.76. The van der Waals surface area contributed by atoms with Gasteiger partial charge in [0, 0.05) is 22.3 Å². The topological polar surface area (TPSA) is 35.9 Å². The molecule has 1 saturated carbocycles. The van der Waals surface area contributed by atoms with E-state index in [9.17, 15) is 0 Å². The first-order valence-electron chi connectivity index (χ1n) is 4.37. The van der Waals surface area contributed by atoms with Crippen molar-refractivity contribution >= 4 is 27.8 Å². The van der Waals surface area contributed by atoms with Gasteiger partial charge < -0.3 is 10.7 Å². The summed E-state index contributed by atoms with van der Waals surface area (Å²) in [5.41, 5.74) is 2.00. The lowest BCUT2D eigenvalue weighted by molar-refractivity contribution is 1.15. The van der Waals surface area contributed by atoms with Gasteiger partial charge in [-0.25, -0.2) is 0 Å². The second-order valence-corrected chi connectivity index (χ2v) is 4.12. The number of anilines is 1. The molecule has 2 rings (SSSR count). The van der Waals surface area contributed by atoms with Crippen molar-refractivity contribution in [2.45, 2.75) is 18.9 Å². The lowest BCUT2D eigenvalue weighted by Crippen LogP contribution is -2.04. The largest absolute Gasteiger partial charge is 0.381 e. The van der Waals surface area contributed by atoms with E-state index in [1.807, 2.05) is 18.2 Å². The summed E-state index contributed by atoms with van der Waals surface area (Å²) in [5.74, 6) is 0. The molecule has 1 aromatic rings. The number of halogens is 1. The van der Waals surface area contributed by atoms with Crippen LogP contribution >= 0.6 is 15.9 Å². The first-order valence-corrected chi connectivity index (χ1v) is 5.16. The maximum absolute atomic E-state index is 7.26. The molecule has 0 aliphatic heterocycles. The van der Waals surface area contributed by atoms with Crippen LogP contribution in [0.25, 0.3) is 0 Å². The van der Waals surface area contributed by atoms with Gasteiger partial charge in [0.25, 0.3) is 0 Å². The van der Waals surface area contributed by atoms with Gasteiger partial charge in [0.15, 0.2) is 0 Å². The second kappa shape index (κ2) is 3.50. The second-order valence-electron chi connectivity index (χ2n) is 3.27.